The molecule has 1 fully saturated rings. The van der Waals surface area contributed by atoms with Gasteiger partial charge in [0.05, 0.1) is 7.11 Å². The topological polar surface area (TPSA) is 50.3 Å². The summed E-state index contributed by atoms with van der Waals surface area (Å²) in [5, 5.41) is 3.60. The zero-order valence-corrected chi connectivity index (χ0v) is 13.0. The molecule has 0 radical (unpaired) electrons. The molecule has 2 heterocycles. The monoisotopic (exact) mass is 278 g/mol. The largest absolute Gasteiger partial charge is 0.481 e. The van der Waals surface area contributed by atoms with E-state index in [0.29, 0.717) is 11.9 Å². The second-order valence-corrected chi connectivity index (χ2v) is 6.39. The van der Waals surface area contributed by atoms with Crippen LogP contribution < -0.4 is 15.0 Å². The van der Waals surface area contributed by atoms with E-state index in [9.17, 15) is 0 Å². The Kier molecular flexibility index (Phi) is 4.81. The first kappa shape index (κ1) is 15.0. The lowest BCUT2D eigenvalue weighted by Gasteiger charge is -2.38. The fraction of sp³-hybridized carbons (Fsp3) is 0.733. The van der Waals surface area contributed by atoms with Crippen LogP contribution in [0.5, 0.6) is 5.88 Å². The number of piperidine rings is 1. The van der Waals surface area contributed by atoms with Crippen LogP contribution in [0.15, 0.2) is 12.4 Å². The molecular formula is C15H26N4O. The van der Waals surface area contributed by atoms with Gasteiger partial charge < -0.3 is 15.0 Å². The van der Waals surface area contributed by atoms with Crippen molar-refractivity contribution in [3.63, 3.8) is 0 Å². The van der Waals surface area contributed by atoms with E-state index in [1.807, 2.05) is 6.07 Å². The van der Waals surface area contributed by atoms with E-state index in [0.717, 1.165) is 18.9 Å². The average Bonchev–Trinajstić information content (AvgIpc) is 2.45. The Hall–Kier alpha value is -1.36. The predicted molar refractivity (Wildman–Crippen MR) is 81.3 cm³/mol. The van der Waals surface area contributed by atoms with Gasteiger partial charge in [-0.15, -0.1) is 0 Å². The molecule has 1 unspecified atom stereocenters. The number of hydrogen-bond acceptors (Lipinski definition) is 5. The lowest BCUT2D eigenvalue weighted by molar-refractivity contribution is 0.364. The summed E-state index contributed by atoms with van der Waals surface area (Å²) >= 11 is 0. The Morgan fingerprint density at radius 3 is 2.85 bits per heavy atom. The van der Waals surface area contributed by atoms with E-state index in [1.54, 1.807) is 13.4 Å². The lowest BCUT2D eigenvalue weighted by Crippen LogP contribution is -2.50. The van der Waals surface area contributed by atoms with E-state index in [-0.39, 0.29) is 5.54 Å². The molecule has 0 bridgehead atoms. The highest BCUT2D eigenvalue weighted by molar-refractivity contribution is 5.42. The number of ether oxygens (including phenoxy) is 1. The van der Waals surface area contributed by atoms with Crippen LogP contribution in [0.25, 0.3) is 0 Å². The molecule has 1 N–H and O–H groups in total. The third-order valence-corrected chi connectivity index (χ3v) is 3.63. The third-order valence-electron chi connectivity index (χ3n) is 3.63. The van der Waals surface area contributed by atoms with E-state index in [1.165, 1.54) is 19.3 Å². The molecule has 0 saturated carbocycles. The number of nitrogens with one attached hydrogen (secondary N) is 1. The van der Waals surface area contributed by atoms with Crippen molar-refractivity contribution in [2.45, 2.75) is 51.6 Å². The quantitative estimate of drug-likeness (QED) is 0.915. The van der Waals surface area contributed by atoms with Crippen molar-refractivity contribution in [1.29, 1.82) is 0 Å². The summed E-state index contributed by atoms with van der Waals surface area (Å²) in [5.74, 6) is 1.60. The van der Waals surface area contributed by atoms with Crippen molar-refractivity contribution in [1.82, 2.24) is 15.3 Å². The molecule has 20 heavy (non-hydrogen) atoms. The molecule has 2 rings (SSSR count). The number of aromatic nitrogens is 2. The van der Waals surface area contributed by atoms with Gasteiger partial charge in [0.2, 0.25) is 5.88 Å². The fourth-order valence-corrected chi connectivity index (χ4v) is 2.54. The van der Waals surface area contributed by atoms with Crippen LogP contribution in [0, 0.1) is 0 Å². The molecule has 0 spiro atoms. The average molecular weight is 278 g/mol. The van der Waals surface area contributed by atoms with Crippen molar-refractivity contribution >= 4 is 5.82 Å². The first-order chi connectivity index (χ1) is 9.49. The summed E-state index contributed by atoms with van der Waals surface area (Å²) in [7, 11) is 1.64. The molecule has 0 aromatic carbocycles. The minimum atomic E-state index is 0.145. The molecule has 0 aliphatic carbocycles. The van der Waals surface area contributed by atoms with Crippen LogP contribution in [0.3, 0.4) is 0 Å². The first-order valence-corrected chi connectivity index (χ1v) is 7.37. The molecule has 1 aliphatic heterocycles. The summed E-state index contributed by atoms with van der Waals surface area (Å²) in [4.78, 5) is 10.9. The van der Waals surface area contributed by atoms with Crippen molar-refractivity contribution in [2.24, 2.45) is 0 Å². The maximum Gasteiger partial charge on any atom is 0.218 e. The van der Waals surface area contributed by atoms with Crippen molar-refractivity contribution in [3.05, 3.63) is 12.4 Å². The Balaban J connectivity index is 2.09. The standard InChI is InChI=1S/C15H26N4O/c1-15(2,3)18-10-12-7-5-6-8-19(12)13-9-14(20-4)17-11-16-13/h9,11-12,18H,5-8,10H2,1-4H3. The van der Waals surface area contributed by atoms with Gasteiger partial charge in [0, 0.05) is 30.7 Å². The molecule has 1 aliphatic rings. The Morgan fingerprint density at radius 2 is 2.15 bits per heavy atom. The number of rotatable bonds is 4. The van der Waals surface area contributed by atoms with Crippen LogP contribution in [-0.4, -0.2) is 41.7 Å². The normalized spacial score (nSPS) is 20.0. The Bertz CT molecular complexity index is 430. The van der Waals surface area contributed by atoms with Gasteiger partial charge in [-0.1, -0.05) is 0 Å². The van der Waals surface area contributed by atoms with Gasteiger partial charge >= 0.3 is 0 Å². The highest BCUT2D eigenvalue weighted by atomic mass is 16.5. The second kappa shape index (κ2) is 6.39. The molecule has 5 nitrogen and oxygen atoms in total. The van der Waals surface area contributed by atoms with Crippen molar-refractivity contribution in [3.8, 4) is 5.88 Å². The Labute approximate surface area is 121 Å². The van der Waals surface area contributed by atoms with Crippen LogP contribution in [-0.2, 0) is 0 Å². The summed E-state index contributed by atoms with van der Waals surface area (Å²) in [6.45, 7) is 8.64. The predicted octanol–water partition coefficient (Wildman–Crippen LogP) is 2.23. The van der Waals surface area contributed by atoms with Gasteiger partial charge in [-0.05, 0) is 40.0 Å². The molecule has 5 heteroatoms. The maximum atomic E-state index is 5.20. The SMILES string of the molecule is COc1cc(N2CCCCC2CNC(C)(C)C)ncn1. The Morgan fingerprint density at radius 1 is 1.35 bits per heavy atom. The highest BCUT2D eigenvalue weighted by Crippen LogP contribution is 2.24. The van der Waals surface area contributed by atoms with Gasteiger partial charge in [0.15, 0.2) is 0 Å². The zero-order valence-electron chi connectivity index (χ0n) is 13.0. The van der Waals surface area contributed by atoms with Crippen LogP contribution in [0.2, 0.25) is 0 Å². The minimum Gasteiger partial charge on any atom is -0.481 e. The number of methoxy groups -OCH3 is 1. The van der Waals surface area contributed by atoms with Gasteiger partial charge in [-0.25, -0.2) is 9.97 Å². The summed E-state index contributed by atoms with van der Waals surface area (Å²) in [6.07, 6.45) is 5.29. The smallest absolute Gasteiger partial charge is 0.218 e. The summed E-state index contributed by atoms with van der Waals surface area (Å²) in [6, 6.07) is 2.41. The van der Waals surface area contributed by atoms with E-state index >= 15 is 0 Å². The molecule has 1 aromatic rings. The fourth-order valence-electron chi connectivity index (χ4n) is 2.54. The molecular weight excluding hydrogens is 252 g/mol. The third kappa shape index (κ3) is 4.07. The summed E-state index contributed by atoms with van der Waals surface area (Å²) < 4.78 is 5.20. The maximum absolute atomic E-state index is 5.20. The van der Waals surface area contributed by atoms with Gasteiger partial charge in [0.25, 0.3) is 0 Å². The number of hydrogen-bond donors (Lipinski definition) is 1. The molecule has 0 amide bonds. The van der Waals surface area contributed by atoms with Crippen LogP contribution in [0.1, 0.15) is 40.0 Å². The van der Waals surface area contributed by atoms with E-state index in [2.05, 4.69) is 41.0 Å². The first-order valence-electron chi connectivity index (χ1n) is 7.37. The lowest BCUT2D eigenvalue weighted by atomic mass is 10.0. The highest BCUT2D eigenvalue weighted by Gasteiger charge is 2.25. The van der Waals surface area contributed by atoms with Crippen LogP contribution in [0.4, 0.5) is 5.82 Å². The second-order valence-electron chi connectivity index (χ2n) is 6.39. The molecule has 1 aromatic heterocycles. The van der Waals surface area contributed by atoms with E-state index in [4.69, 9.17) is 4.74 Å². The van der Waals surface area contributed by atoms with Gasteiger partial charge in [-0.3, -0.25) is 0 Å². The zero-order chi connectivity index (χ0) is 14.6. The van der Waals surface area contributed by atoms with Crippen LogP contribution >= 0.6 is 0 Å². The minimum absolute atomic E-state index is 0.145. The number of anilines is 1. The van der Waals surface area contributed by atoms with Crippen molar-refractivity contribution in [2.75, 3.05) is 25.1 Å². The molecule has 112 valence electrons. The molecule has 1 saturated heterocycles. The number of nitrogens with zero attached hydrogens (tertiary/aromatic N) is 3. The van der Waals surface area contributed by atoms with Gasteiger partial charge in [-0.2, -0.15) is 0 Å². The summed E-state index contributed by atoms with van der Waals surface area (Å²) in [5.41, 5.74) is 0.145. The van der Waals surface area contributed by atoms with E-state index < -0.39 is 0 Å². The van der Waals surface area contributed by atoms with Gasteiger partial charge in [0.1, 0.15) is 12.1 Å². The molecule has 1 atom stereocenters. The van der Waals surface area contributed by atoms with Crippen molar-refractivity contribution < 1.29 is 4.74 Å².